The van der Waals surface area contributed by atoms with Gasteiger partial charge in [-0.25, -0.2) is 9.18 Å². The number of carbonyl (C=O) groups is 1. The largest absolute Gasteiger partial charge is 0.493 e. The lowest BCUT2D eigenvalue weighted by Crippen LogP contribution is -2.04. The van der Waals surface area contributed by atoms with Crippen LogP contribution in [0.4, 0.5) is 4.39 Å². The number of nitrogens with one attached hydrogen (secondary N) is 1. The zero-order chi connectivity index (χ0) is 24.7. The number of rotatable bonds is 7. The Morgan fingerprint density at radius 2 is 1.91 bits per heavy atom. The smallest absolute Gasteiger partial charge is 0.352 e. The van der Waals surface area contributed by atoms with Crippen LogP contribution in [-0.4, -0.2) is 32.4 Å². The van der Waals surface area contributed by atoms with E-state index in [0.29, 0.717) is 25.2 Å². The van der Waals surface area contributed by atoms with Gasteiger partial charge in [-0.3, -0.25) is 4.68 Å². The summed E-state index contributed by atoms with van der Waals surface area (Å²) >= 11 is 0. The molecule has 0 atom stereocenters. The molecule has 0 radical (unpaired) electrons. The van der Waals surface area contributed by atoms with Crippen molar-refractivity contribution >= 4 is 27.6 Å². The van der Waals surface area contributed by atoms with Gasteiger partial charge in [0.05, 0.1) is 17.8 Å². The molecular weight excluding hydrogens is 445 g/mol. The minimum absolute atomic E-state index is 0.201. The Bertz CT molecular complexity index is 1580. The van der Waals surface area contributed by atoms with Gasteiger partial charge in [0.25, 0.3) is 0 Å². The van der Waals surface area contributed by atoms with Gasteiger partial charge in [-0.15, -0.1) is 0 Å². The molecule has 7 heteroatoms. The first-order valence-electron chi connectivity index (χ1n) is 11.5. The van der Waals surface area contributed by atoms with E-state index in [4.69, 9.17) is 4.74 Å². The Morgan fingerprint density at radius 3 is 2.66 bits per heavy atom. The van der Waals surface area contributed by atoms with E-state index < -0.39 is 5.97 Å². The molecule has 5 aromatic rings. The lowest BCUT2D eigenvalue weighted by Gasteiger charge is -2.10. The molecule has 0 spiro atoms. The maximum absolute atomic E-state index is 13.5. The van der Waals surface area contributed by atoms with Crippen LogP contribution in [0.15, 0.2) is 54.6 Å². The highest BCUT2D eigenvalue weighted by Gasteiger charge is 2.21. The first-order chi connectivity index (χ1) is 16.8. The molecule has 35 heavy (non-hydrogen) atoms. The number of aromatic amines is 1. The van der Waals surface area contributed by atoms with Crippen LogP contribution in [0.5, 0.6) is 5.75 Å². The van der Waals surface area contributed by atoms with Crippen molar-refractivity contribution in [3.05, 3.63) is 83.1 Å². The molecule has 0 saturated carbocycles. The quantitative estimate of drug-likeness (QED) is 0.278. The maximum atomic E-state index is 13.5. The van der Waals surface area contributed by atoms with Crippen LogP contribution < -0.4 is 4.74 Å². The summed E-state index contributed by atoms with van der Waals surface area (Å²) in [5, 5.41) is 16.9. The van der Waals surface area contributed by atoms with Crippen molar-refractivity contribution in [3.63, 3.8) is 0 Å². The van der Waals surface area contributed by atoms with Gasteiger partial charge in [-0.05, 0) is 61.9 Å². The lowest BCUT2D eigenvalue weighted by molar-refractivity contribution is 0.0690. The highest BCUT2D eigenvalue weighted by molar-refractivity contribution is 6.03. The molecule has 0 aliphatic rings. The fourth-order valence-corrected chi connectivity index (χ4v) is 4.87. The number of aromatic nitrogens is 3. The van der Waals surface area contributed by atoms with Crippen molar-refractivity contribution in [1.29, 1.82) is 0 Å². The number of H-pyrrole nitrogens is 1. The number of hydrogen-bond donors (Lipinski definition) is 2. The van der Waals surface area contributed by atoms with E-state index in [1.165, 1.54) is 12.1 Å². The normalized spacial score (nSPS) is 11.4. The number of aryl methyl sites for hydroxylation is 3. The summed E-state index contributed by atoms with van der Waals surface area (Å²) in [4.78, 5) is 15.3. The second-order valence-electron chi connectivity index (χ2n) is 8.75. The number of para-hydroxylation sites is 1. The van der Waals surface area contributed by atoms with E-state index in [1.807, 2.05) is 62.0 Å². The maximum Gasteiger partial charge on any atom is 0.352 e. The number of halogens is 1. The van der Waals surface area contributed by atoms with E-state index in [1.54, 1.807) is 6.07 Å². The Hall–Kier alpha value is -4.13. The number of benzene rings is 3. The Balaban J connectivity index is 1.43. The van der Waals surface area contributed by atoms with Crippen molar-refractivity contribution in [2.24, 2.45) is 7.05 Å². The summed E-state index contributed by atoms with van der Waals surface area (Å²) < 4.78 is 21.4. The van der Waals surface area contributed by atoms with Crippen molar-refractivity contribution in [2.75, 3.05) is 6.61 Å². The summed E-state index contributed by atoms with van der Waals surface area (Å²) in [6.07, 6.45) is 1.16. The van der Waals surface area contributed by atoms with Gasteiger partial charge in [-0.2, -0.15) is 5.10 Å². The van der Waals surface area contributed by atoms with E-state index in [0.717, 1.165) is 49.8 Å². The van der Waals surface area contributed by atoms with Crippen LogP contribution in [0, 0.1) is 19.7 Å². The predicted octanol–water partition coefficient (Wildman–Crippen LogP) is 6.19. The SMILES string of the molecule is Cc1nn(C)c(C)c1-c1cccc2c(CCCOc3cccc4cc(F)ccc34)c(C(=O)O)[nH]c12. The van der Waals surface area contributed by atoms with Crippen LogP contribution in [0.3, 0.4) is 0 Å². The third-order valence-corrected chi connectivity index (χ3v) is 6.56. The molecule has 2 heterocycles. The number of fused-ring (bicyclic) bond motifs is 2. The molecule has 0 saturated heterocycles. The molecule has 0 amide bonds. The van der Waals surface area contributed by atoms with Crippen molar-refractivity contribution in [3.8, 4) is 16.9 Å². The van der Waals surface area contributed by atoms with Crippen molar-refractivity contribution in [1.82, 2.24) is 14.8 Å². The molecule has 2 aromatic heterocycles. The second-order valence-corrected chi connectivity index (χ2v) is 8.75. The summed E-state index contributed by atoms with van der Waals surface area (Å²) in [5.74, 6) is -0.588. The summed E-state index contributed by atoms with van der Waals surface area (Å²) in [7, 11) is 1.90. The van der Waals surface area contributed by atoms with Gasteiger partial charge in [0, 0.05) is 34.6 Å². The zero-order valence-electron chi connectivity index (χ0n) is 19.9. The number of ether oxygens (including phenoxy) is 1. The standard InChI is InChI=1S/C28H26FN3O3/c1-16-25(17(2)32(3)31-16)23-9-5-8-21-22(27(28(33)34)30-26(21)23)10-6-14-35-24-11-4-7-18-15-19(29)12-13-20(18)24/h4-5,7-9,11-13,15,30H,6,10,14H2,1-3H3,(H,33,34). The van der Waals surface area contributed by atoms with Crippen LogP contribution in [0.1, 0.15) is 33.9 Å². The lowest BCUT2D eigenvalue weighted by atomic mass is 9.98. The Kier molecular flexibility index (Phi) is 5.76. The molecule has 178 valence electrons. The molecule has 6 nitrogen and oxygen atoms in total. The molecule has 0 fully saturated rings. The van der Waals surface area contributed by atoms with Gasteiger partial charge < -0.3 is 14.8 Å². The molecule has 0 aliphatic heterocycles. The monoisotopic (exact) mass is 471 g/mol. The summed E-state index contributed by atoms with van der Waals surface area (Å²) in [5.41, 5.74) is 5.64. The molecule has 3 aromatic carbocycles. The van der Waals surface area contributed by atoms with Crippen LogP contribution in [0.25, 0.3) is 32.8 Å². The Labute approximate surface area is 202 Å². The topological polar surface area (TPSA) is 80.1 Å². The van der Waals surface area contributed by atoms with Gasteiger partial charge >= 0.3 is 5.97 Å². The van der Waals surface area contributed by atoms with Gasteiger partial charge in [0.2, 0.25) is 0 Å². The molecule has 0 bridgehead atoms. The van der Waals surface area contributed by atoms with Crippen LogP contribution >= 0.6 is 0 Å². The average molecular weight is 472 g/mol. The van der Waals surface area contributed by atoms with Crippen molar-refractivity contribution in [2.45, 2.75) is 26.7 Å². The predicted molar refractivity (Wildman–Crippen MR) is 135 cm³/mol. The average Bonchev–Trinajstić information content (AvgIpc) is 3.33. The number of nitrogens with zero attached hydrogens (tertiary/aromatic N) is 2. The first-order valence-corrected chi connectivity index (χ1v) is 11.5. The molecule has 0 aliphatic carbocycles. The number of aromatic carboxylic acids is 1. The highest BCUT2D eigenvalue weighted by atomic mass is 19.1. The summed E-state index contributed by atoms with van der Waals surface area (Å²) in [6, 6.07) is 16.1. The second kappa shape index (κ2) is 8.91. The van der Waals surface area contributed by atoms with Crippen LogP contribution in [-0.2, 0) is 13.5 Å². The molecule has 2 N–H and O–H groups in total. The highest BCUT2D eigenvalue weighted by Crippen LogP contribution is 2.35. The van der Waals surface area contributed by atoms with Gasteiger partial charge in [-0.1, -0.05) is 30.3 Å². The van der Waals surface area contributed by atoms with E-state index in [-0.39, 0.29) is 11.5 Å². The summed E-state index contributed by atoms with van der Waals surface area (Å²) in [6.45, 7) is 4.38. The Morgan fingerprint density at radius 1 is 1.11 bits per heavy atom. The molecule has 0 unspecified atom stereocenters. The minimum atomic E-state index is -0.987. The fraction of sp³-hybridized carbons (Fsp3) is 0.214. The van der Waals surface area contributed by atoms with Gasteiger partial charge in [0.15, 0.2) is 0 Å². The molecule has 5 rings (SSSR count). The third kappa shape index (κ3) is 4.03. The first kappa shape index (κ1) is 22.7. The number of hydrogen-bond acceptors (Lipinski definition) is 3. The van der Waals surface area contributed by atoms with E-state index >= 15 is 0 Å². The molecular formula is C28H26FN3O3. The zero-order valence-corrected chi connectivity index (χ0v) is 19.9. The van der Waals surface area contributed by atoms with Crippen molar-refractivity contribution < 1.29 is 19.0 Å². The van der Waals surface area contributed by atoms with E-state index in [9.17, 15) is 14.3 Å². The minimum Gasteiger partial charge on any atom is -0.493 e. The van der Waals surface area contributed by atoms with E-state index in [2.05, 4.69) is 10.1 Å². The van der Waals surface area contributed by atoms with Crippen LogP contribution in [0.2, 0.25) is 0 Å². The fourth-order valence-electron chi connectivity index (χ4n) is 4.87. The number of carboxylic acids is 1. The number of carboxylic acid groups (broad SMARTS) is 1. The third-order valence-electron chi connectivity index (χ3n) is 6.56. The van der Waals surface area contributed by atoms with Gasteiger partial charge in [0.1, 0.15) is 17.3 Å².